The summed E-state index contributed by atoms with van der Waals surface area (Å²) in [4.78, 5) is 20.5. The number of nitrogens with zero attached hydrogens (tertiary/aromatic N) is 5. The number of hydrogen-bond acceptors (Lipinski definition) is 6. The number of aromatic nitrogens is 3. The third-order valence-electron chi connectivity index (χ3n) is 4.35. The molecule has 2 aromatic rings. The Bertz CT molecular complexity index is 679. The summed E-state index contributed by atoms with van der Waals surface area (Å²) in [5, 5.41) is 10.5. The van der Waals surface area contributed by atoms with Gasteiger partial charge in [-0.3, -0.25) is 4.79 Å². The molecule has 3 heterocycles. The van der Waals surface area contributed by atoms with E-state index in [1.807, 2.05) is 4.90 Å². The molecule has 0 unspecified atom stereocenters. The van der Waals surface area contributed by atoms with Gasteiger partial charge in [0.05, 0.1) is 11.2 Å². The van der Waals surface area contributed by atoms with Crippen molar-refractivity contribution < 1.29 is 4.79 Å². The van der Waals surface area contributed by atoms with Gasteiger partial charge in [0, 0.05) is 31.6 Å². The van der Waals surface area contributed by atoms with Gasteiger partial charge in [-0.2, -0.15) is 5.10 Å². The van der Waals surface area contributed by atoms with Crippen LogP contribution in [-0.4, -0.2) is 52.2 Å². The molecule has 0 radical (unpaired) electrons. The van der Waals surface area contributed by atoms with Crippen molar-refractivity contribution in [2.24, 2.45) is 0 Å². The second-order valence-electron chi connectivity index (χ2n) is 5.68. The first-order valence-electron chi connectivity index (χ1n) is 7.59. The maximum atomic E-state index is 12.3. The average molecular weight is 315 g/mol. The summed E-state index contributed by atoms with van der Waals surface area (Å²) in [7, 11) is 0. The van der Waals surface area contributed by atoms with E-state index in [1.54, 1.807) is 10.9 Å². The fourth-order valence-electron chi connectivity index (χ4n) is 3.09. The minimum absolute atomic E-state index is 0.0286. The summed E-state index contributed by atoms with van der Waals surface area (Å²) >= 11 is 1.45. The molecule has 0 bridgehead atoms. The van der Waals surface area contributed by atoms with Gasteiger partial charge < -0.3 is 9.80 Å². The van der Waals surface area contributed by atoms with Gasteiger partial charge in [-0.1, -0.05) is 0 Å². The highest BCUT2D eigenvalue weighted by Gasteiger charge is 2.25. The van der Waals surface area contributed by atoms with Crippen LogP contribution >= 0.6 is 11.3 Å². The number of carbonyl (C=O) groups excluding carboxylic acids is 1. The van der Waals surface area contributed by atoms with Gasteiger partial charge in [0.1, 0.15) is 5.69 Å². The van der Waals surface area contributed by atoms with Crippen molar-refractivity contribution in [1.29, 1.82) is 0 Å². The van der Waals surface area contributed by atoms with E-state index >= 15 is 0 Å². The molecular weight excluding hydrogens is 298 g/mol. The van der Waals surface area contributed by atoms with E-state index in [2.05, 4.69) is 26.1 Å². The molecule has 2 aromatic heterocycles. The van der Waals surface area contributed by atoms with Crippen molar-refractivity contribution in [2.75, 3.05) is 31.1 Å². The van der Waals surface area contributed by atoms with E-state index in [0.29, 0.717) is 18.8 Å². The maximum absolute atomic E-state index is 12.3. The third-order valence-corrected chi connectivity index (χ3v) is 4.94. The summed E-state index contributed by atoms with van der Waals surface area (Å²) in [6, 6.07) is 2.17. The van der Waals surface area contributed by atoms with Gasteiger partial charge in [-0.05, 0) is 30.9 Å². The standard InChI is InChI=1S/C15H17N5OS/c21-15(13-9-22-10-16-13)20-6-4-19(5-7-20)14-8-11-2-1-3-12(11)17-18-14/h8-10H,1-7H2. The predicted octanol–water partition coefficient (Wildman–Crippen LogP) is 1.38. The average Bonchev–Trinajstić information content (AvgIpc) is 3.25. The Labute approximate surface area is 132 Å². The molecule has 0 aromatic carbocycles. The van der Waals surface area contributed by atoms with Crippen LogP contribution < -0.4 is 4.90 Å². The lowest BCUT2D eigenvalue weighted by atomic mass is 10.2. The topological polar surface area (TPSA) is 62.2 Å². The highest BCUT2D eigenvalue weighted by atomic mass is 32.1. The monoisotopic (exact) mass is 315 g/mol. The molecule has 0 N–H and O–H groups in total. The molecule has 1 amide bonds. The van der Waals surface area contributed by atoms with Crippen molar-refractivity contribution in [3.05, 3.63) is 33.9 Å². The Morgan fingerprint density at radius 3 is 2.77 bits per heavy atom. The molecule has 7 heteroatoms. The third kappa shape index (κ3) is 2.45. The first-order valence-corrected chi connectivity index (χ1v) is 8.53. The molecule has 6 nitrogen and oxygen atoms in total. The Morgan fingerprint density at radius 1 is 1.14 bits per heavy atom. The molecule has 22 heavy (non-hydrogen) atoms. The molecule has 0 atom stereocenters. The van der Waals surface area contributed by atoms with Crippen LogP contribution in [0.2, 0.25) is 0 Å². The highest BCUT2D eigenvalue weighted by molar-refractivity contribution is 7.07. The number of aryl methyl sites for hydroxylation is 2. The Morgan fingerprint density at radius 2 is 2.00 bits per heavy atom. The van der Waals surface area contributed by atoms with E-state index in [4.69, 9.17) is 0 Å². The molecule has 1 aliphatic heterocycles. The first kappa shape index (κ1) is 13.6. The Kier molecular flexibility index (Phi) is 3.49. The number of carbonyl (C=O) groups is 1. The van der Waals surface area contributed by atoms with Crippen molar-refractivity contribution in [1.82, 2.24) is 20.1 Å². The van der Waals surface area contributed by atoms with Crippen LogP contribution in [0.5, 0.6) is 0 Å². The van der Waals surface area contributed by atoms with Crippen LogP contribution in [-0.2, 0) is 12.8 Å². The maximum Gasteiger partial charge on any atom is 0.273 e. The number of rotatable bonds is 2. The summed E-state index contributed by atoms with van der Waals surface area (Å²) in [6.07, 6.45) is 3.35. The van der Waals surface area contributed by atoms with E-state index in [-0.39, 0.29) is 5.91 Å². The first-order chi connectivity index (χ1) is 10.8. The number of anilines is 1. The Hall–Kier alpha value is -2.02. The molecule has 2 aliphatic rings. The number of fused-ring (bicyclic) bond motifs is 1. The summed E-state index contributed by atoms with van der Waals surface area (Å²) in [5.41, 5.74) is 4.74. The zero-order valence-corrected chi connectivity index (χ0v) is 13.1. The smallest absolute Gasteiger partial charge is 0.273 e. The van der Waals surface area contributed by atoms with Gasteiger partial charge in [0.2, 0.25) is 0 Å². The van der Waals surface area contributed by atoms with Crippen molar-refractivity contribution in [3.63, 3.8) is 0 Å². The zero-order chi connectivity index (χ0) is 14.9. The highest BCUT2D eigenvalue weighted by Crippen LogP contribution is 2.23. The summed E-state index contributed by atoms with van der Waals surface area (Å²) < 4.78 is 0. The van der Waals surface area contributed by atoms with E-state index in [1.165, 1.54) is 23.3 Å². The molecule has 1 aliphatic carbocycles. The fourth-order valence-corrected chi connectivity index (χ4v) is 3.62. The summed E-state index contributed by atoms with van der Waals surface area (Å²) in [6.45, 7) is 3.00. The Balaban J connectivity index is 1.42. The minimum atomic E-state index is 0.0286. The molecule has 1 saturated heterocycles. The number of thiazole rings is 1. The second-order valence-corrected chi connectivity index (χ2v) is 6.40. The van der Waals surface area contributed by atoms with Gasteiger partial charge in [0.15, 0.2) is 5.82 Å². The van der Waals surface area contributed by atoms with Crippen LogP contribution in [0.15, 0.2) is 17.0 Å². The van der Waals surface area contributed by atoms with Gasteiger partial charge in [-0.15, -0.1) is 16.4 Å². The quantitative estimate of drug-likeness (QED) is 0.838. The number of hydrogen-bond donors (Lipinski definition) is 0. The normalized spacial score (nSPS) is 17.6. The van der Waals surface area contributed by atoms with E-state index < -0.39 is 0 Å². The SMILES string of the molecule is O=C(c1cscn1)N1CCN(c2cc3c(nn2)CCC3)CC1. The molecule has 114 valence electrons. The van der Waals surface area contributed by atoms with Gasteiger partial charge >= 0.3 is 0 Å². The van der Waals surface area contributed by atoms with Crippen LogP contribution in [0.3, 0.4) is 0 Å². The molecule has 0 saturated carbocycles. The molecular formula is C15H17N5OS. The van der Waals surface area contributed by atoms with Gasteiger partial charge in [0.25, 0.3) is 5.91 Å². The summed E-state index contributed by atoms with van der Waals surface area (Å²) in [5.74, 6) is 0.974. The van der Waals surface area contributed by atoms with Crippen LogP contribution in [0.4, 0.5) is 5.82 Å². The molecule has 0 spiro atoms. The minimum Gasteiger partial charge on any atom is -0.352 e. The van der Waals surface area contributed by atoms with Crippen molar-refractivity contribution in [3.8, 4) is 0 Å². The van der Waals surface area contributed by atoms with Crippen LogP contribution in [0, 0.1) is 0 Å². The van der Waals surface area contributed by atoms with E-state index in [9.17, 15) is 4.79 Å². The number of piperazine rings is 1. The van der Waals surface area contributed by atoms with Crippen LogP contribution in [0.25, 0.3) is 0 Å². The van der Waals surface area contributed by atoms with Crippen LogP contribution in [0.1, 0.15) is 28.2 Å². The fraction of sp³-hybridized carbons (Fsp3) is 0.467. The second kappa shape index (κ2) is 5.64. The zero-order valence-electron chi connectivity index (χ0n) is 12.2. The van der Waals surface area contributed by atoms with Gasteiger partial charge in [-0.25, -0.2) is 4.98 Å². The molecule has 1 fully saturated rings. The lowest BCUT2D eigenvalue weighted by Gasteiger charge is -2.35. The predicted molar refractivity (Wildman–Crippen MR) is 84.3 cm³/mol. The van der Waals surface area contributed by atoms with E-state index in [0.717, 1.165) is 37.4 Å². The lowest BCUT2D eigenvalue weighted by molar-refractivity contribution is 0.0741. The molecule has 4 rings (SSSR count). The van der Waals surface area contributed by atoms with Crippen molar-refractivity contribution in [2.45, 2.75) is 19.3 Å². The number of amides is 1. The lowest BCUT2D eigenvalue weighted by Crippen LogP contribution is -2.49. The van der Waals surface area contributed by atoms with Crippen molar-refractivity contribution >= 4 is 23.1 Å². The largest absolute Gasteiger partial charge is 0.352 e.